The van der Waals surface area contributed by atoms with Gasteiger partial charge in [0.05, 0.1) is 22.8 Å². The van der Waals surface area contributed by atoms with E-state index in [1.54, 1.807) is 0 Å². The molecule has 1 aromatic heterocycles. The van der Waals surface area contributed by atoms with Crippen molar-refractivity contribution in [3.8, 4) is 0 Å². The highest BCUT2D eigenvalue weighted by Crippen LogP contribution is 2.20. The van der Waals surface area contributed by atoms with Crippen molar-refractivity contribution < 1.29 is 9.90 Å². The minimum Gasteiger partial charge on any atom is -0.387 e. The van der Waals surface area contributed by atoms with Crippen molar-refractivity contribution in [3.63, 3.8) is 0 Å². The lowest BCUT2D eigenvalue weighted by molar-refractivity contribution is -0.121. The zero-order chi connectivity index (χ0) is 18.6. The average molecular weight is 408 g/mol. The van der Waals surface area contributed by atoms with Crippen LogP contribution in [0.3, 0.4) is 0 Å². The number of hydrogen-bond acceptors (Lipinski definition) is 3. The summed E-state index contributed by atoms with van der Waals surface area (Å²) in [5, 5.41) is 17.4. The maximum absolute atomic E-state index is 12.0. The van der Waals surface area contributed by atoms with Crippen LogP contribution in [-0.4, -0.2) is 27.3 Å². The van der Waals surface area contributed by atoms with Crippen LogP contribution >= 0.6 is 15.9 Å². The molecule has 0 spiro atoms. The first kappa shape index (κ1) is 19.7. The molecule has 5 nitrogen and oxygen atoms in total. The van der Waals surface area contributed by atoms with Crippen molar-refractivity contribution in [1.82, 2.24) is 15.1 Å². The van der Waals surface area contributed by atoms with E-state index in [9.17, 15) is 9.90 Å². The van der Waals surface area contributed by atoms with Crippen molar-refractivity contribution in [2.45, 2.75) is 52.7 Å². The molecule has 0 fully saturated rings. The van der Waals surface area contributed by atoms with E-state index < -0.39 is 6.10 Å². The second kappa shape index (κ2) is 8.63. The number of carbonyl (C=O) groups is 1. The van der Waals surface area contributed by atoms with Gasteiger partial charge in [-0.15, -0.1) is 0 Å². The Hall–Kier alpha value is -1.66. The first-order chi connectivity index (χ1) is 11.8. The number of aliphatic hydroxyl groups excluding tert-OH is 1. The van der Waals surface area contributed by atoms with Gasteiger partial charge in [0.15, 0.2) is 0 Å². The van der Waals surface area contributed by atoms with Gasteiger partial charge in [0, 0.05) is 18.7 Å². The lowest BCUT2D eigenvalue weighted by Crippen LogP contribution is -2.29. The molecule has 1 unspecified atom stereocenters. The van der Waals surface area contributed by atoms with Crippen LogP contribution in [0.2, 0.25) is 0 Å². The van der Waals surface area contributed by atoms with Crippen LogP contribution in [0.4, 0.5) is 0 Å². The summed E-state index contributed by atoms with van der Waals surface area (Å²) in [6.45, 7) is 8.88. The van der Waals surface area contributed by atoms with Crippen molar-refractivity contribution in [2.24, 2.45) is 0 Å². The Balaban J connectivity index is 1.81. The number of aliphatic hydroxyl groups is 1. The Kier molecular flexibility index (Phi) is 6.79. The van der Waals surface area contributed by atoms with E-state index in [1.165, 1.54) is 5.56 Å². The Morgan fingerprint density at radius 1 is 1.24 bits per heavy atom. The minimum absolute atomic E-state index is 0.0958. The molecule has 1 atom stereocenters. The van der Waals surface area contributed by atoms with Gasteiger partial charge in [0.2, 0.25) is 5.91 Å². The number of aryl methyl sites for hydroxylation is 2. The summed E-state index contributed by atoms with van der Waals surface area (Å²) in [6, 6.07) is 7.87. The van der Waals surface area contributed by atoms with Crippen molar-refractivity contribution in [3.05, 3.63) is 51.3 Å². The molecule has 0 aliphatic heterocycles. The van der Waals surface area contributed by atoms with Gasteiger partial charge in [-0.25, -0.2) is 0 Å². The first-order valence-electron chi connectivity index (χ1n) is 8.53. The molecule has 25 heavy (non-hydrogen) atoms. The monoisotopic (exact) mass is 407 g/mol. The SMILES string of the molecule is Cc1nn(CCC(=O)NCC(O)c2ccc(C(C)C)cc2)c(C)c1Br. The van der Waals surface area contributed by atoms with Gasteiger partial charge < -0.3 is 10.4 Å². The molecule has 1 heterocycles. The average Bonchev–Trinajstić information content (AvgIpc) is 2.84. The highest BCUT2D eigenvalue weighted by atomic mass is 79.9. The number of amides is 1. The number of nitrogens with zero attached hydrogens (tertiary/aromatic N) is 2. The summed E-state index contributed by atoms with van der Waals surface area (Å²) >= 11 is 3.48. The molecule has 0 saturated carbocycles. The Bertz CT molecular complexity index is 723. The van der Waals surface area contributed by atoms with E-state index in [-0.39, 0.29) is 12.5 Å². The van der Waals surface area contributed by atoms with E-state index in [2.05, 4.69) is 40.2 Å². The van der Waals surface area contributed by atoms with Crippen LogP contribution in [0.5, 0.6) is 0 Å². The molecule has 0 aliphatic rings. The molecule has 0 saturated heterocycles. The number of hydrogen-bond donors (Lipinski definition) is 2. The number of carbonyl (C=O) groups excluding carboxylic acids is 1. The molecule has 1 aromatic carbocycles. The van der Waals surface area contributed by atoms with Gasteiger partial charge >= 0.3 is 0 Å². The second-order valence-electron chi connectivity index (χ2n) is 6.60. The molecule has 1 amide bonds. The van der Waals surface area contributed by atoms with Gasteiger partial charge in [-0.3, -0.25) is 9.48 Å². The Labute approximate surface area is 157 Å². The summed E-state index contributed by atoms with van der Waals surface area (Å²) in [4.78, 5) is 12.0. The largest absolute Gasteiger partial charge is 0.387 e. The van der Waals surface area contributed by atoms with E-state index >= 15 is 0 Å². The van der Waals surface area contributed by atoms with Gasteiger partial charge in [-0.2, -0.15) is 5.10 Å². The van der Waals surface area contributed by atoms with Gasteiger partial charge in [0.25, 0.3) is 0 Å². The maximum Gasteiger partial charge on any atom is 0.221 e. The third-order valence-electron chi connectivity index (χ3n) is 4.32. The zero-order valence-corrected chi connectivity index (χ0v) is 16.8. The van der Waals surface area contributed by atoms with E-state index in [0.29, 0.717) is 18.9 Å². The second-order valence-corrected chi connectivity index (χ2v) is 7.39. The van der Waals surface area contributed by atoms with E-state index in [1.807, 2.05) is 42.8 Å². The molecule has 6 heteroatoms. The molecular weight excluding hydrogens is 382 g/mol. The summed E-state index contributed by atoms with van der Waals surface area (Å²) in [6.07, 6.45) is -0.374. The third kappa shape index (κ3) is 5.16. The molecule has 2 aromatic rings. The number of aromatic nitrogens is 2. The fourth-order valence-electron chi connectivity index (χ4n) is 2.62. The molecular formula is C19H26BrN3O2. The topological polar surface area (TPSA) is 67.2 Å². The van der Waals surface area contributed by atoms with Crippen LogP contribution in [0.25, 0.3) is 0 Å². The summed E-state index contributed by atoms with van der Waals surface area (Å²) < 4.78 is 2.80. The molecule has 136 valence electrons. The van der Waals surface area contributed by atoms with Crippen LogP contribution in [0.15, 0.2) is 28.7 Å². The fourth-order valence-corrected chi connectivity index (χ4v) is 2.90. The Morgan fingerprint density at radius 3 is 2.36 bits per heavy atom. The smallest absolute Gasteiger partial charge is 0.221 e. The molecule has 0 bridgehead atoms. The molecule has 2 N–H and O–H groups in total. The summed E-state index contributed by atoms with van der Waals surface area (Å²) in [5.41, 5.74) is 3.97. The van der Waals surface area contributed by atoms with Crippen LogP contribution in [0, 0.1) is 13.8 Å². The van der Waals surface area contributed by atoms with Crippen molar-refractivity contribution in [2.75, 3.05) is 6.54 Å². The normalized spacial score (nSPS) is 12.4. The zero-order valence-electron chi connectivity index (χ0n) is 15.2. The maximum atomic E-state index is 12.0. The van der Waals surface area contributed by atoms with Gasteiger partial charge in [-0.05, 0) is 46.8 Å². The Morgan fingerprint density at radius 2 is 1.84 bits per heavy atom. The third-order valence-corrected chi connectivity index (χ3v) is 5.47. The number of rotatable bonds is 7. The van der Waals surface area contributed by atoms with E-state index in [0.717, 1.165) is 21.4 Å². The lowest BCUT2D eigenvalue weighted by Gasteiger charge is -2.14. The summed E-state index contributed by atoms with van der Waals surface area (Å²) in [5.74, 6) is 0.363. The van der Waals surface area contributed by atoms with Crippen LogP contribution in [-0.2, 0) is 11.3 Å². The molecule has 0 radical (unpaired) electrons. The van der Waals surface area contributed by atoms with Gasteiger partial charge in [0.1, 0.15) is 0 Å². The first-order valence-corrected chi connectivity index (χ1v) is 9.33. The van der Waals surface area contributed by atoms with Crippen molar-refractivity contribution in [1.29, 1.82) is 0 Å². The quantitative estimate of drug-likeness (QED) is 0.736. The standard InChI is InChI=1S/C19H26BrN3O2/c1-12(2)15-5-7-16(8-6-15)17(24)11-21-18(25)9-10-23-14(4)19(20)13(3)22-23/h5-8,12,17,24H,9-11H2,1-4H3,(H,21,25). The van der Waals surface area contributed by atoms with Gasteiger partial charge in [-0.1, -0.05) is 38.1 Å². The minimum atomic E-state index is -0.701. The number of benzene rings is 1. The lowest BCUT2D eigenvalue weighted by atomic mass is 10.00. The molecule has 0 aliphatic carbocycles. The number of nitrogens with one attached hydrogen (secondary N) is 1. The predicted molar refractivity (Wildman–Crippen MR) is 103 cm³/mol. The molecule has 2 rings (SSSR count). The van der Waals surface area contributed by atoms with Crippen LogP contribution in [0.1, 0.15) is 54.8 Å². The summed E-state index contributed by atoms with van der Waals surface area (Å²) in [7, 11) is 0. The van der Waals surface area contributed by atoms with E-state index in [4.69, 9.17) is 0 Å². The van der Waals surface area contributed by atoms with Crippen LogP contribution < -0.4 is 5.32 Å². The highest BCUT2D eigenvalue weighted by molar-refractivity contribution is 9.10. The predicted octanol–water partition coefficient (Wildman–Crippen LogP) is 3.63. The van der Waals surface area contributed by atoms with Crippen molar-refractivity contribution >= 4 is 21.8 Å². The highest BCUT2D eigenvalue weighted by Gasteiger charge is 2.12. The number of halogens is 1. The fraction of sp³-hybridized carbons (Fsp3) is 0.474.